The molecule has 32 heavy (non-hydrogen) atoms. The first-order valence-electron chi connectivity index (χ1n) is 10.6. The molecule has 164 valence electrons. The van der Waals surface area contributed by atoms with Crippen molar-refractivity contribution in [1.29, 1.82) is 0 Å². The summed E-state index contributed by atoms with van der Waals surface area (Å²) in [6.07, 6.45) is -0.736. The average Bonchev–Trinajstić information content (AvgIpc) is 3.12. The third-order valence-electron chi connectivity index (χ3n) is 5.09. The van der Waals surface area contributed by atoms with Gasteiger partial charge in [-0.1, -0.05) is 18.2 Å². The molecule has 0 saturated heterocycles. The van der Waals surface area contributed by atoms with Crippen molar-refractivity contribution >= 4 is 22.6 Å². The number of para-hydroxylation sites is 1. The first kappa shape index (κ1) is 21.4. The second-order valence-corrected chi connectivity index (χ2v) is 7.52. The quantitative estimate of drug-likeness (QED) is 0.454. The van der Waals surface area contributed by atoms with Gasteiger partial charge < -0.3 is 14.8 Å². The van der Waals surface area contributed by atoms with Crippen molar-refractivity contribution in [1.82, 2.24) is 14.8 Å². The standard InChI is InChI=1S/C25H26N4O3/c1-5-31-21-13-11-19(12-14-21)26-25(30)18(4)32-22-15-16(2)23-17(3)28-29(24(23)27-22)20-9-7-6-8-10-20/h6-15,18H,5H2,1-4H3,(H,26,30)/t18-/m1/s1. The molecule has 0 fully saturated rings. The highest BCUT2D eigenvalue weighted by molar-refractivity contribution is 5.94. The van der Waals surface area contributed by atoms with Crippen LogP contribution in [0.3, 0.4) is 0 Å². The zero-order valence-corrected chi connectivity index (χ0v) is 18.6. The molecule has 0 spiro atoms. The lowest BCUT2D eigenvalue weighted by molar-refractivity contribution is -0.122. The Labute approximate surface area is 187 Å². The van der Waals surface area contributed by atoms with Gasteiger partial charge in [-0.15, -0.1) is 0 Å². The lowest BCUT2D eigenvalue weighted by Gasteiger charge is -2.15. The fraction of sp³-hybridized carbons (Fsp3) is 0.240. The number of pyridine rings is 1. The SMILES string of the molecule is CCOc1ccc(NC(=O)[C@@H](C)Oc2cc(C)c3c(C)nn(-c4ccccc4)c3n2)cc1. The van der Waals surface area contributed by atoms with Crippen molar-refractivity contribution in [3.05, 3.63) is 71.9 Å². The van der Waals surface area contributed by atoms with Gasteiger partial charge in [0, 0.05) is 17.1 Å². The summed E-state index contributed by atoms with van der Waals surface area (Å²) in [4.78, 5) is 17.3. The van der Waals surface area contributed by atoms with E-state index in [4.69, 9.17) is 9.47 Å². The molecule has 1 N–H and O–H groups in total. The fourth-order valence-corrected chi connectivity index (χ4v) is 3.56. The fourth-order valence-electron chi connectivity index (χ4n) is 3.56. The zero-order valence-electron chi connectivity index (χ0n) is 18.6. The molecule has 4 rings (SSSR count). The van der Waals surface area contributed by atoms with Gasteiger partial charge in [-0.05, 0) is 69.7 Å². The number of rotatable bonds is 7. The number of carbonyl (C=O) groups excluding carboxylic acids is 1. The molecular formula is C25H26N4O3. The number of carbonyl (C=O) groups is 1. The number of fused-ring (bicyclic) bond motifs is 1. The highest BCUT2D eigenvalue weighted by atomic mass is 16.5. The van der Waals surface area contributed by atoms with E-state index in [1.54, 1.807) is 23.7 Å². The van der Waals surface area contributed by atoms with Crippen LogP contribution in [0.2, 0.25) is 0 Å². The Morgan fingerprint density at radius 3 is 2.50 bits per heavy atom. The van der Waals surface area contributed by atoms with Crippen LogP contribution in [-0.2, 0) is 4.79 Å². The molecular weight excluding hydrogens is 404 g/mol. The van der Waals surface area contributed by atoms with Crippen molar-refractivity contribution in [3.63, 3.8) is 0 Å². The van der Waals surface area contributed by atoms with Crippen molar-refractivity contribution in [2.75, 3.05) is 11.9 Å². The number of nitrogens with zero attached hydrogens (tertiary/aromatic N) is 3. The number of benzene rings is 2. The van der Waals surface area contributed by atoms with Crippen LogP contribution < -0.4 is 14.8 Å². The van der Waals surface area contributed by atoms with E-state index in [2.05, 4.69) is 15.4 Å². The molecule has 0 unspecified atom stereocenters. The number of hydrogen-bond donors (Lipinski definition) is 1. The Kier molecular flexibility index (Phi) is 6.07. The Hall–Kier alpha value is -3.87. The van der Waals surface area contributed by atoms with Gasteiger partial charge in [-0.25, -0.2) is 4.68 Å². The van der Waals surface area contributed by atoms with Gasteiger partial charge in [0.1, 0.15) is 5.75 Å². The summed E-state index contributed by atoms with van der Waals surface area (Å²) in [5.41, 5.74) is 4.16. The van der Waals surface area contributed by atoms with Gasteiger partial charge in [0.25, 0.3) is 5.91 Å². The molecule has 2 aromatic heterocycles. The molecule has 0 saturated carbocycles. The molecule has 2 heterocycles. The number of ether oxygens (including phenoxy) is 2. The van der Waals surface area contributed by atoms with Crippen LogP contribution in [0.1, 0.15) is 25.1 Å². The highest BCUT2D eigenvalue weighted by Gasteiger charge is 2.19. The lowest BCUT2D eigenvalue weighted by atomic mass is 10.1. The minimum atomic E-state index is -0.736. The molecule has 1 amide bonds. The number of amides is 1. The lowest BCUT2D eigenvalue weighted by Crippen LogP contribution is -2.30. The minimum Gasteiger partial charge on any atom is -0.494 e. The topological polar surface area (TPSA) is 78.3 Å². The van der Waals surface area contributed by atoms with Crippen LogP contribution in [0.25, 0.3) is 16.7 Å². The van der Waals surface area contributed by atoms with Gasteiger partial charge in [-0.3, -0.25) is 4.79 Å². The van der Waals surface area contributed by atoms with Crippen molar-refractivity contribution in [2.24, 2.45) is 0 Å². The van der Waals surface area contributed by atoms with Gasteiger partial charge in [0.05, 0.1) is 18.0 Å². The average molecular weight is 431 g/mol. The van der Waals surface area contributed by atoms with E-state index in [9.17, 15) is 4.79 Å². The van der Waals surface area contributed by atoms with E-state index >= 15 is 0 Å². The van der Waals surface area contributed by atoms with Crippen LogP contribution in [0.4, 0.5) is 5.69 Å². The maximum Gasteiger partial charge on any atom is 0.265 e. The van der Waals surface area contributed by atoms with Gasteiger partial charge in [-0.2, -0.15) is 10.1 Å². The van der Waals surface area contributed by atoms with Crippen LogP contribution in [0, 0.1) is 13.8 Å². The van der Waals surface area contributed by atoms with E-state index < -0.39 is 6.10 Å². The van der Waals surface area contributed by atoms with Crippen molar-refractivity contribution < 1.29 is 14.3 Å². The van der Waals surface area contributed by atoms with Gasteiger partial charge in [0.15, 0.2) is 11.8 Å². The zero-order chi connectivity index (χ0) is 22.7. The van der Waals surface area contributed by atoms with E-state index in [-0.39, 0.29) is 5.91 Å². The Morgan fingerprint density at radius 2 is 1.81 bits per heavy atom. The smallest absolute Gasteiger partial charge is 0.265 e. The van der Waals surface area contributed by atoms with Crippen LogP contribution in [0.15, 0.2) is 60.7 Å². The predicted octanol–water partition coefficient (Wildman–Crippen LogP) is 4.84. The maximum absolute atomic E-state index is 12.7. The van der Waals surface area contributed by atoms with Crippen LogP contribution in [-0.4, -0.2) is 33.4 Å². The molecule has 0 aliphatic carbocycles. The molecule has 7 nitrogen and oxygen atoms in total. The highest BCUT2D eigenvalue weighted by Crippen LogP contribution is 2.27. The molecule has 0 aliphatic rings. The monoisotopic (exact) mass is 430 g/mol. The van der Waals surface area contributed by atoms with Crippen LogP contribution in [0.5, 0.6) is 11.6 Å². The second kappa shape index (κ2) is 9.09. The third-order valence-corrected chi connectivity index (χ3v) is 5.09. The molecule has 0 radical (unpaired) electrons. The molecule has 0 aliphatic heterocycles. The summed E-state index contributed by atoms with van der Waals surface area (Å²) in [5, 5.41) is 8.50. The maximum atomic E-state index is 12.7. The third kappa shape index (κ3) is 4.42. The Bertz CT molecular complexity index is 1230. The number of nitrogens with one attached hydrogen (secondary N) is 1. The first-order chi connectivity index (χ1) is 15.5. The summed E-state index contributed by atoms with van der Waals surface area (Å²) in [7, 11) is 0. The first-order valence-corrected chi connectivity index (χ1v) is 10.6. The van der Waals surface area contributed by atoms with E-state index in [0.29, 0.717) is 23.8 Å². The number of hydrogen-bond acceptors (Lipinski definition) is 5. The normalized spacial score (nSPS) is 11.9. The summed E-state index contributed by atoms with van der Waals surface area (Å²) in [6, 6.07) is 18.9. The number of aromatic nitrogens is 3. The predicted molar refractivity (Wildman–Crippen MR) is 125 cm³/mol. The van der Waals surface area contributed by atoms with E-state index in [0.717, 1.165) is 28.1 Å². The summed E-state index contributed by atoms with van der Waals surface area (Å²) in [5.74, 6) is 0.871. The molecule has 1 atom stereocenters. The van der Waals surface area contributed by atoms with Crippen LogP contribution >= 0.6 is 0 Å². The van der Waals surface area contributed by atoms with E-state index in [1.165, 1.54) is 0 Å². The van der Waals surface area contributed by atoms with Gasteiger partial charge in [0.2, 0.25) is 5.88 Å². The molecule has 7 heteroatoms. The largest absolute Gasteiger partial charge is 0.494 e. The number of anilines is 1. The minimum absolute atomic E-state index is 0.263. The second-order valence-electron chi connectivity index (χ2n) is 7.52. The molecule has 2 aromatic carbocycles. The Balaban J connectivity index is 1.55. The molecule has 4 aromatic rings. The summed E-state index contributed by atoms with van der Waals surface area (Å²) >= 11 is 0. The van der Waals surface area contributed by atoms with E-state index in [1.807, 2.05) is 69.3 Å². The summed E-state index contributed by atoms with van der Waals surface area (Å²) in [6.45, 7) is 8.17. The molecule has 0 bridgehead atoms. The summed E-state index contributed by atoms with van der Waals surface area (Å²) < 4.78 is 13.1. The van der Waals surface area contributed by atoms with Gasteiger partial charge >= 0.3 is 0 Å². The van der Waals surface area contributed by atoms with Crippen molar-refractivity contribution in [3.8, 4) is 17.3 Å². The Morgan fingerprint density at radius 1 is 1.09 bits per heavy atom. The van der Waals surface area contributed by atoms with Crippen molar-refractivity contribution in [2.45, 2.75) is 33.8 Å². The number of aryl methyl sites for hydroxylation is 2.